The summed E-state index contributed by atoms with van der Waals surface area (Å²) >= 11 is 1.33. The lowest BCUT2D eigenvalue weighted by Crippen LogP contribution is -2.28. The molecule has 0 aliphatic heterocycles. The number of fused-ring (bicyclic) bond motifs is 1. The van der Waals surface area contributed by atoms with Gasteiger partial charge in [0.15, 0.2) is 39.7 Å². The fourth-order valence-electron chi connectivity index (χ4n) is 5.27. The van der Waals surface area contributed by atoms with Crippen LogP contribution in [-0.2, 0) is 27.2 Å². The number of unbranched alkanes of at least 4 members (excludes halogenated alkanes) is 2. The quantitative estimate of drug-likeness (QED) is 0.0897. The van der Waals surface area contributed by atoms with Crippen molar-refractivity contribution in [3.63, 3.8) is 0 Å². The Morgan fingerprint density at radius 1 is 0.826 bits per heavy atom. The third kappa shape index (κ3) is 8.09. The van der Waals surface area contributed by atoms with Gasteiger partial charge in [0.1, 0.15) is 11.6 Å². The van der Waals surface area contributed by atoms with Gasteiger partial charge >= 0.3 is 0 Å². The Labute approximate surface area is 270 Å². The second-order valence-electron chi connectivity index (χ2n) is 11.4. The van der Waals surface area contributed by atoms with E-state index >= 15 is 4.39 Å². The largest absolute Gasteiger partial charge is 0.493 e. The summed E-state index contributed by atoms with van der Waals surface area (Å²) in [5, 5.41) is 0.721. The highest BCUT2D eigenvalue weighted by Gasteiger charge is 2.54. The topological polar surface area (TPSA) is 91.8 Å². The molecule has 0 N–H and O–H groups in total. The molecule has 7 nitrogen and oxygen atoms in total. The maximum atomic E-state index is 15.3. The van der Waals surface area contributed by atoms with Crippen LogP contribution in [-0.4, -0.2) is 41.1 Å². The predicted octanol–water partition coefficient (Wildman–Crippen LogP) is 7.85. The van der Waals surface area contributed by atoms with E-state index in [0.717, 1.165) is 25.0 Å². The fraction of sp³-hybridized carbons (Fsp3) is 0.333. The molecule has 1 aliphatic carbocycles. The van der Waals surface area contributed by atoms with E-state index in [1.165, 1.54) is 43.1 Å². The van der Waals surface area contributed by atoms with Gasteiger partial charge in [-0.2, -0.15) is 0 Å². The number of pyridine rings is 1. The highest BCUT2D eigenvalue weighted by molar-refractivity contribution is 8.13. The lowest BCUT2D eigenvalue weighted by molar-refractivity contribution is -0.133. The second kappa shape index (κ2) is 14.9. The molecule has 0 amide bonds. The minimum absolute atomic E-state index is 0.0283. The number of thioether (sulfide) groups is 1. The van der Waals surface area contributed by atoms with Gasteiger partial charge in [-0.25, -0.2) is 8.78 Å². The number of hydrogen-bond acceptors (Lipinski definition) is 8. The number of methoxy groups -OCH3 is 1. The Morgan fingerprint density at radius 3 is 2.22 bits per heavy atom. The van der Waals surface area contributed by atoms with E-state index < -0.39 is 11.2 Å². The minimum atomic E-state index is -1.06. The summed E-state index contributed by atoms with van der Waals surface area (Å²) in [6.45, 7) is 2.05. The molecule has 0 radical (unpaired) electrons. The molecule has 0 unspecified atom stereocenters. The van der Waals surface area contributed by atoms with Crippen molar-refractivity contribution >= 4 is 39.3 Å². The van der Waals surface area contributed by atoms with Crippen molar-refractivity contribution in [3.05, 3.63) is 89.6 Å². The number of Topliss-reactive ketones (excluding diaryl/α,β-unsaturated/α-hetero) is 2. The molecule has 0 spiro atoms. The standard InChI is InChI=1S/C36H35F2NO6S/c1-23(40)46-17-5-3-4-16-44-33-22-29-27(21-32(33)43-2)30(12-15-39-29)45-31-11-8-25(18-28(31)38)20-35(42)36(13-14-36)34(41)19-24-6-9-26(37)10-7-24/h6-12,15,18,21-22H,3-5,13-14,16-17,19-20H2,1-2H3. The van der Waals surface area contributed by atoms with E-state index in [1.54, 1.807) is 49.5 Å². The van der Waals surface area contributed by atoms with E-state index in [2.05, 4.69) is 4.98 Å². The highest BCUT2D eigenvalue weighted by atomic mass is 32.2. The van der Waals surface area contributed by atoms with Crippen LogP contribution in [0.1, 0.15) is 50.2 Å². The Bertz CT molecular complexity index is 1740. The molecule has 4 aromatic rings. The van der Waals surface area contributed by atoms with Crippen molar-refractivity contribution < 1.29 is 37.4 Å². The fourth-order valence-corrected chi connectivity index (χ4v) is 5.91. The van der Waals surface area contributed by atoms with Crippen molar-refractivity contribution in [1.29, 1.82) is 0 Å². The average molecular weight is 648 g/mol. The molecular weight excluding hydrogens is 612 g/mol. The summed E-state index contributed by atoms with van der Waals surface area (Å²) in [7, 11) is 1.53. The van der Waals surface area contributed by atoms with Gasteiger partial charge < -0.3 is 14.2 Å². The Morgan fingerprint density at radius 2 is 1.54 bits per heavy atom. The van der Waals surface area contributed by atoms with Crippen LogP contribution in [0.3, 0.4) is 0 Å². The molecule has 10 heteroatoms. The first-order chi connectivity index (χ1) is 22.2. The van der Waals surface area contributed by atoms with Crippen LogP contribution in [0.15, 0.2) is 66.9 Å². The smallest absolute Gasteiger partial charge is 0.185 e. The van der Waals surface area contributed by atoms with Gasteiger partial charge in [-0.1, -0.05) is 30.0 Å². The normalized spacial score (nSPS) is 13.3. The molecular formula is C36H35F2NO6S. The van der Waals surface area contributed by atoms with Gasteiger partial charge in [0.25, 0.3) is 0 Å². The molecule has 1 heterocycles. The Kier molecular flexibility index (Phi) is 10.7. The Balaban J connectivity index is 1.22. The van der Waals surface area contributed by atoms with Gasteiger partial charge in [0, 0.05) is 43.2 Å². The number of hydrogen-bond donors (Lipinski definition) is 0. The number of benzene rings is 3. The molecule has 1 aromatic heterocycles. The summed E-state index contributed by atoms with van der Waals surface area (Å²) < 4.78 is 46.0. The number of halogens is 2. The summed E-state index contributed by atoms with van der Waals surface area (Å²) in [4.78, 5) is 41.6. The maximum Gasteiger partial charge on any atom is 0.185 e. The van der Waals surface area contributed by atoms with Crippen molar-refractivity contribution in [1.82, 2.24) is 4.98 Å². The van der Waals surface area contributed by atoms with Crippen molar-refractivity contribution in [3.8, 4) is 23.0 Å². The third-order valence-corrected chi connectivity index (χ3v) is 8.91. The third-order valence-electron chi connectivity index (χ3n) is 8.01. The molecule has 46 heavy (non-hydrogen) atoms. The number of rotatable bonds is 16. The van der Waals surface area contributed by atoms with E-state index in [4.69, 9.17) is 14.2 Å². The number of ketones is 2. The molecule has 0 atom stereocenters. The number of ether oxygens (including phenoxy) is 3. The zero-order valence-electron chi connectivity index (χ0n) is 25.8. The zero-order valence-corrected chi connectivity index (χ0v) is 26.6. The van der Waals surface area contributed by atoms with E-state index in [-0.39, 0.29) is 41.1 Å². The SMILES string of the molecule is COc1cc2c(Oc3ccc(CC(=O)C4(C(=O)Cc5ccc(F)cc5)CC4)cc3F)ccnc2cc1OCCCCCSC(C)=O. The first-order valence-corrected chi connectivity index (χ1v) is 16.2. The van der Waals surface area contributed by atoms with Crippen LogP contribution in [0.2, 0.25) is 0 Å². The zero-order chi connectivity index (χ0) is 32.7. The minimum Gasteiger partial charge on any atom is -0.493 e. The first-order valence-electron chi connectivity index (χ1n) is 15.2. The maximum absolute atomic E-state index is 15.3. The molecule has 5 rings (SSSR count). The van der Waals surface area contributed by atoms with Crippen LogP contribution < -0.4 is 14.2 Å². The number of carbonyl (C=O) groups excluding carboxylic acids is 3. The van der Waals surface area contributed by atoms with Crippen LogP contribution in [0.25, 0.3) is 10.9 Å². The van der Waals surface area contributed by atoms with E-state index in [1.807, 2.05) is 0 Å². The molecule has 0 saturated heterocycles. The van der Waals surface area contributed by atoms with Crippen LogP contribution >= 0.6 is 11.8 Å². The molecule has 1 aliphatic rings. The Hall–Kier alpha value is -4.31. The molecule has 240 valence electrons. The predicted molar refractivity (Wildman–Crippen MR) is 173 cm³/mol. The van der Waals surface area contributed by atoms with E-state index in [0.29, 0.717) is 58.7 Å². The molecule has 1 fully saturated rings. The summed E-state index contributed by atoms with van der Waals surface area (Å²) in [5.74, 6) is 0.666. The van der Waals surface area contributed by atoms with Gasteiger partial charge in [-0.3, -0.25) is 19.4 Å². The second-order valence-corrected chi connectivity index (χ2v) is 12.6. The van der Waals surface area contributed by atoms with Crippen molar-refractivity contribution in [2.45, 2.75) is 51.9 Å². The summed E-state index contributed by atoms with van der Waals surface area (Å²) in [6, 6.07) is 15.1. The molecule has 1 saturated carbocycles. The average Bonchev–Trinajstić information content (AvgIpc) is 3.85. The summed E-state index contributed by atoms with van der Waals surface area (Å²) in [5.41, 5.74) is 0.605. The van der Waals surface area contributed by atoms with Gasteiger partial charge in [0.2, 0.25) is 0 Å². The van der Waals surface area contributed by atoms with Crippen LogP contribution in [0, 0.1) is 17.0 Å². The van der Waals surface area contributed by atoms with Gasteiger partial charge in [0.05, 0.1) is 24.6 Å². The summed E-state index contributed by atoms with van der Waals surface area (Å²) in [6.07, 6.45) is 5.13. The van der Waals surface area contributed by atoms with Gasteiger partial charge in [-0.05, 0) is 79.6 Å². The number of aromatic nitrogens is 1. The first kappa shape index (κ1) is 33.1. The van der Waals surface area contributed by atoms with Gasteiger partial charge in [-0.15, -0.1) is 0 Å². The van der Waals surface area contributed by atoms with Crippen LogP contribution in [0.5, 0.6) is 23.0 Å². The van der Waals surface area contributed by atoms with Crippen molar-refractivity contribution in [2.24, 2.45) is 5.41 Å². The molecule has 0 bridgehead atoms. The molecule has 3 aromatic carbocycles. The lowest BCUT2D eigenvalue weighted by Gasteiger charge is -2.15. The number of carbonyl (C=O) groups is 3. The monoisotopic (exact) mass is 647 g/mol. The van der Waals surface area contributed by atoms with Crippen LogP contribution in [0.4, 0.5) is 8.78 Å². The number of nitrogens with zero attached hydrogens (tertiary/aromatic N) is 1. The lowest BCUT2D eigenvalue weighted by atomic mass is 9.88. The highest BCUT2D eigenvalue weighted by Crippen LogP contribution is 2.49. The van der Waals surface area contributed by atoms with Crippen molar-refractivity contribution in [2.75, 3.05) is 19.5 Å². The van der Waals surface area contributed by atoms with E-state index in [9.17, 15) is 18.8 Å².